The first-order valence-electron chi connectivity index (χ1n) is 5.79. The highest BCUT2D eigenvalue weighted by atomic mass is 32.2. The largest absolute Gasteiger partial charge is 0.389 e. The van der Waals surface area contributed by atoms with Crippen LogP contribution in [0.2, 0.25) is 0 Å². The normalized spacial score (nSPS) is 13.2. The van der Waals surface area contributed by atoms with Crippen molar-refractivity contribution in [3.8, 4) is 0 Å². The lowest BCUT2D eigenvalue weighted by Crippen LogP contribution is -2.33. The standard InChI is InChI=1S/C12H18N2O2S2/c1-3-6-9(2)14-18(15,16)11-8-5-4-7-10(11)12(13)17/h4-5,7-9,14H,3,6H2,1-2H3,(H2,13,17). The minimum atomic E-state index is -3.57. The molecule has 1 aromatic rings. The molecule has 6 heteroatoms. The van der Waals surface area contributed by atoms with E-state index in [9.17, 15) is 8.42 Å². The number of sulfonamides is 1. The first-order valence-corrected chi connectivity index (χ1v) is 7.68. The maximum absolute atomic E-state index is 12.2. The summed E-state index contributed by atoms with van der Waals surface area (Å²) in [7, 11) is -3.57. The van der Waals surface area contributed by atoms with Gasteiger partial charge in [-0.25, -0.2) is 13.1 Å². The second kappa shape index (κ2) is 6.26. The monoisotopic (exact) mass is 286 g/mol. The van der Waals surface area contributed by atoms with E-state index in [0.29, 0.717) is 5.56 Å². The smallest absolute Gasteiger partial charge is 0.241 e. The van der Waals surface area contributed by atoms with E-state index in [1.807, 2.05) is 13.8 Å². The van der Waals surface area contributed by atoms with Crippen LogP contribution in [0.15, 0.2) is 29.2 Å². The summed E-state index contributed by atoms with van der Waals surface area (Å²) in [5.74, 6) is 0. The van der Waals surface area contributed by atoms with Crippen LogP contribution in [0.5, 0.6) is 0 Å². The number of nitrogens with two attached hydrogens (primary N) is 1. The molecule has 0 saturated heterocycles. The zero-order valence-electron chi connectivity index (χ0n) is 10.5. The topological polar surface area (TPSA) is 72.2 Å². The van der Waals surface area contributed by atoms with Gasteiger partial charge in [0.25, 0.3) is 0 Å². The SMILES string of the molecule is CCCC(C)NS(=O)(=O)c1ccccc1C(N)=S. The molecule has 0 amide bonds. The van der Waals surface area contributed by atoms with Crippen molar-refractivity contribution in [2.75, 3.05) is 0 Å². The van der Waals surface area contributed by atoms with Crippen LogP contribution in [-0.2, 0) is 10.0 Å². The van der Waals surface area contributed by atoms with Crippen LogP contribution in [0, 0.1) is 0 Å². The fraction of sp³-hybridized carbons (Fsp3) is 0.417. The zero-order chi connectivity index (χ0) is 13.8. The molecular weight excluding hydrogens is 268 g/mol. The lowest BCUT2D eigenvalue weighted by atomic mass is 10.2. The second-order valence-corrected chi connectivity index (χ2v) is 6.29. The number of hydrogen-bond donors (Lipinski definition) is 2. The van der Waals surface area contributed by atoms with Gasteiger partial charge in [-0.2, -0.15) is 0 Å². The van der Waals surface area contributed by atoms with Gasteiger partial charge in [-0.15, -0.1) is 0 Å². The van der Waals surface area contributed by atoms with Crippen LogP contribution in [0.4, 0.5) is 0 Å². The molecule has 0 aromatic heterocycles. The van der Waals surface area contributed by atoms with Gasteiger partial charge in [-0.05, 0) is 19.4 Å². The van der Waals surface area contributed by atoms with Gasteiger partial charge in [0.1, 0.15) is 4.99 Å². The van der Waals surface area contributed by atoms with Crippen molar-refractivity contribution in [3.05, 3.63) is 29.8 Å². The summed E-state index contributed by atoms with van der Waals surface area (Å²) in [5, 5.41) is 0. The molecule has 100 valence electrons. The van der Waals surface area contributed by atoms with Crippen LogP contribution in [-0.4, -0.2) is 19.4 Å². The van der Waals surface area contributed by atoms with E-state index in [-0.39, 0.29) is 15.9 Å². The zero-order valence-corrected chi connectivity index (χ0v) is 12.1. The predicted octanol–water partition coefficient (Wildman–Crippen LogP) is 1.79. The average molecular weight is 286 g/mol. The third kappa shape index (κ3) is 3.76. The van der Waals surface area contributed by atoms with Gasteiger partial charge >= 0.3 is 0 Å². The van der Waals surface area contributed by atoms with Crippen molar-refractivity contribution < 1.29 is 8.42 Å². The van der Waals surface area contributed by atoms with Crippen LogP contribution in [0.25, 0.3) is 0 Å². The molecule has 0 aliphatic carbocycles. The van der Waals surface area contributed by atoms with Gasteiger partial charge in [0.05, 0.1) is 4.90 Å². The minimum absolute atomic E-state index is 0.0825. The van der Waals surface area contributed by atoms with Gasteiger partial charge in [-0.3, -0.25) is 0 Å². The molecule has 1 unspecified atom stereocenters. The molecule has 0 spiro atoms. The Labute approximate surface area is 114 Å². The predicted molar refractivity (Wildman–Crippen MR) is 77.0 cm³/mol. The first-order chi connectivity index (χ1) is 8.38. The Kier molecular flexibility index (Phi) is 5.25. The lowest BCUT2D eigenvalue weighted by Gasteiger charge is -2.15. The minimum Gasteiger partial charge on any atom is -0.389 e. The molecule has 1 atom stereocenters. The Hall–Kier alpha value is -0.980. The number of rotatable bonds is 6. The summed E-state index contributed by atoms with van der Waals surface area (Å²) in [6.45, 7) is 3.85. The van der Waals surface area contributed by atoms with Crippen molar-refractivity contribution in [1.82, 2.24) is 4.72 Å². The third-order valence-corrected chi connectivity index (χ3v) is 4.39. The van der Waals surface area contributed by atoms with Gasteiger partial charge < -0.3 is 5.73 Å². The van der Waals surface area contributed by atoms with Gasteiger partial charge in [0.15, 0.2) is 0 Å². The second-order valence-electron chi connectivity index (χ2n) is 4.17. The molecular formula is C12H18N2O2S2. The van der Waals surface area contributed by atoms with Crippen molar-refractivity contribution in [3.63, 3.8) is 0 Å². The van der Waals surface area contributed by atoms with Crippen molar-refractivity contribution >= 4 is 27.2 Å². The fourth-order valence-corrected chi connectivity index (χ4v) is 3.47. The lowest BCUT2D eigenvalue weighted by molar-refractivity contribution is 0.544. The van der Waals surface area contributed by atoms with E-state index in [4.69, 9.17) is 18.0 Å². The maximum Gasteiger partial charge on any atom is 0.241 e. The molecule has 0 aliphatic rings. The van der Waals surface area contributed by atoms with E-state index in [2.05, 4.69) is 4.72 Å². The Morgan fingerprint density at radius 1 is 1.44 bits per heavy atom. The maximum atomic E-state index is 12.2. The Morgan fingerprint density at radius 3 is 2.61 bits per heavy atom. The molecule has 0 fully saturated rings. The van der Waals surface area contributed by atoms with E-state index in [1.54, 1.807) is 18.2 Å². The molecule has 18 heavy (non-hydrogen) atoms. The average Bonchev–Trinajstić information content (AvgIpc) is 2.28. The quantitative estimate of drug-likeness (QED) is 0.782. The van der Waals surface area contributed by atoms with Crippen LogP contribution >= 0.6 is 12.2 Å². The van der Waals surface area contributed by atoms with Crippen molar-refractivity contribution in [2.24, 2.45) is 5.73 Å². The van der Waals surface area contributed by atoms with E-state index in [0.717, 1.165) is 12.8 Å². The number of thiocarbonyl (C=S) groups is 1. The Balaban J connectivity index is 3.09. The molecule has 0 heterocycles. The van der Waals surface area contributed by atoms with Gasteiger partial charge in [0.2, 0.25) is 10.0 Å². The van der Waals surface area contributed by atoms with Gasteiger partial charge in [0, 0.05) is 11.6 Å². The molecule has 4 nitrogen and oxygen atoms in total. The van der Waals surface area contributed by atoms with Crippen LogP contribution in [0.3, 0.4) is 0 Å². The molecule has 0 saturated carbocycles. The fourth-order valence-electron chi connectivity index (χ4n) is 1.72. The van der Waals surface area contributed by atoms with E-state index < -0.39 is 10.0 Å². The molecule has 1 rings (SSSR count). The summed E-state index contributed by atoms with van der Waals surface area (Å²) in [4.78, 5) is 0.222. The highest BCUT2D eigenvalue weighted by molar-refractivity contribution is 7.89. The van der Waals surface area contributed by atoms with E-state index >= 15 is 0 Å². The Morgan fingerprint density at radius 2 is 2.06 bits per heavy atom. The number of benzene rings is 1. The first kappa shape index (κ1) is 15.1. The summed E-state index contributed by atoms with van der Waals surface area (Å²) < 4.78 is 27.1. The van der Waals surface area contributed by atoms with E-state index in [1.165, 1.54) is 6.07 Å². The molecule has 0 bridgehead atoms. The molecule has 0 radical (unpaired) electrons. The number of hydrogen-bond acceptors (Lipinski definition) is 3. The van der Waals surface area contributed by atoms with Gasteiger partial charge in [-0.1, -0.05) is 43.8 Å². The summed E-state index contributed by atoms with van der Waals surface area (Å²) in [6, 6.07) is 6.38. The third-order valence-electron chi connectivity index (χ3n) is 2.52. The van der Waals surface area contributed by atoms with Crippen molar-refractivity contribution in [1.29, 1.82) is 0 Å². The Bertz CT molecular complexity index is 527. The highest BCUT2D eigenvalue weighted by Gasteiger charge is 2.21. The van der Waals surface area contributed by atoms with Crippen molar-refractivity contribution in [2.45, 2.75) is 37.6 Å². The summed E-state index contributed by atoms with van der Waals surface area (Å²) >= 11 is 4.87. The number of nitrogens with one attached hydrogen (secondary N) is 1. The van der Waals surface area contributed by atoms with Crippen LogP contribution < -0.4 is 10.5 Å². The van der Waals surface area contributed by atoms with Crippen LogP contribution in [0.1, 0.15) is 32.3 Å². The summed E-state index contributed by atoms with van der Waals surface area (Å²) in [5.41, 5.74) is 5.92. The summed E-state index contributed by atoms with van der Waals surface area (Å²) in [6.07, 6.45) is 1.70. The molecule has 3 N–H and O–H groups in total. The molecule has 0 aliphatic heterocycles. The highest BCUT2D eigenvalue weighted by Crippen LogP contribution is 2.16. The molecule has 1 aromatic carbocycles.